The molecule has 0 aliphatic heterocycles. The van der Waals surface area contributed by atoms with Gasteiger partial charge in [0.1, 0.15) is 5.75 Å². The van der Waals surface area contributed by atoms with Crippen molar-refractivity contribution in [1.82, 2.24) is 0 Å². The highest BCUT2D eigenvalue weighted by atomic mass is 32.2. The zero-order valence-corrected chi connectivity index (χ0v) is 11.2. The van der Waals surface area contributed by atoms with E-state index in [4.69, 9.17) is 4.74 Å². The molecule has 1 aromatic carbocycles. The normalized spacial score (nSPS) is 9.69. The zero-order valence-electron chi connectivity index (χ0n) is 9.52. The number of rotatable bonds is 5. The molecule has 0 unspecified atom stereocenters. The molecule has 0 aliphatic rings. The Labute approximate surface area is 104 Å². The van der Waals surface area contributed by atoms with Crippen molar-refractivity contribution in [2.45, 2.75) is 0 Å². The van der Waals surface area contributed by atoms with Crippen molar-refractivity contribution in [3.63, 3.8) is 0 Å². The Kier molecular flexibility index (Phi) is 5.49. The molecule has 0 aliphatic carbocycles. The summed E-state index contributed by atoms with van der Waals surface area (Å²) in [6.45, 7) is 0. The number of hydrogen-bond acceptors (Lipinski definition) is 4. The van der Waals surface area contributed by atoms with Gasteiger partial charge in [0.05, 0.1) is 12.7 Å². The predicted molar refractivity (Wildman–Crippen MR) is 72.4 cm³/mol. The third-order valence-electron chi connectivity index (χ3n) is 2.02. The van der Waals surface area contributed by atoms with Crippen LogP contribution in [0.2, 0.25) is 0 Å². The first-order valence-corrected chi connectivity index (χ1v) is 7.15. The van der Waals surface area contributed by atoms with E-state index in [1.807, 2.05) is 24.6 Å². The van der Waals surface area contributed by atoms with Crippen LogP contribution in [0.5, 0.6) is 5.75 Å². The number of ketones is 1. The topological polar surface area (TPSA) is 26.3 Å². The molecular formula is C12H14O2S2. The van der Waals surface area contributed by atoms with Crippen LogP contribution in [0, 0.1) is 0 Å². The summed E-state index contributed by atoms with van der Waals surface area (Å²) >= 11 is 3.14. The second-order valence-electron chi connectivity index (χ2n) is 2.94. The van der Waals surface area contributed by atoms with E-state index in [0.29, 0.717) is 11.3 Å². The number of allylic oxidation sites excluding steroid dienone is 1. The molecule has 0 heterocycles. The summed E-state index contributed by atoms with van der Waals surface area (Å²) in [5.41, 5.74) is 0.602. The molecule has 0 spiro atoms. The zero-order chi connectivity index (χ0) is 12.0. The average Bonchev–Trinajstić information content (AvgIpc) is 2.35. The fourth-order valence-electron chi connectivity index (χ4n) is 1.23. The van der Waals surface area contributed by atoms with Gasteiger partial charge in [0.2, 0.25) is 0 Å². The fraction of sp³-hybridized carbons (Fsp3) is 0.250. The maximum atomic E-state index is 12.0. The van der Waals surface area contributed by atoms with Gasteiger partial charge in [0, 0.05) is 10.3 Å². The van der Waals surface area contributed by atoms with Crippen LogP contribution in [-0.4, -0.2) is 25.4 Å². The third kappa shape index (κ3) is 3.32. The number of ether oxygens (including phenoxy) is 1. The summed E-state index contributed by atoms with van der Waals surface area (Å²) in [7, 11) is 1.57. The number of methoxy groups -OCH3 is 1. The summed E-state index contributed by atoms with van der Waals surface area (Å²) in [5.74, 6) is 0.599. The Morgan fingerprint density at radius 1 is 1.25 bits per heavy atom. The van der Waals surface area contributed by atoms with Crippen LogP contribution >= 0.6 is 23.5 Å². The molecule has 0 saturated heterocycles. The Morgan fingerprint density at radius 3 is 2.44 bits per heavy atom. The maximum absolute atomic E-state index is 12.0. The van der Waals surface area contributed by atoms with Crippen molar-refractivity contribution in [1.29, 1.82) is 0 Å². The van der Waals surface area contributed by atoms with E-state index in [2.05, 4.69) is 0 Å². The fourth-order valence-corrected chi connectivity index (χ4v) is 2.35. The molecule has 0 N–H and O–H groups in total. The molecule has 16 heavy (non-hydrogen) atoms. The van der Waals surface area contributed by atoms with Crippen molar-refractivity contribution in [3.8, 4) is 5.75 Å². The van der Waals surface area contributed by atoms with Gasteiger partial charge in [-0.1, -0.05) is 12.1 Å². The number of hydrogen-bond donors (Lipinski definition) is 0. The number of para-hydroxylation sites is 1. The molecule has 1 rings (SSSR count). The molecule has 0 amide bonds. The highest BCUT2D eigenvalue weighted by Crippen LogP contribution is 2.25. The smallest absolute Gasteiger partial charge is 0.191 e. The van der Waals surface area contributed by atoms with Crippen LogP contribution in [0.4, 0.5) is 0 Å². The number of thioether (sulfide) groups is 2. The largest absolute Gasteiger partial charge is 0.496 e. The third-order valence-corrected chi connectivity index (χ3v) is 4.06. The molecule has 0 bridgehead atoms. The lowest BCUT2D eigenvalue weighted by molar-refractivity contribution is 0.104. The highest BCUT2D eigenvalue weighted by Gasteiger charge is 2.09. The van der Waals surface area contributed by atoms with Crippen LogP contribution < -0.4 is 4.74 Å². The molecule has 0 atom stereocenters. The summed E-state index contributed by atoms with van der Waals surface area (Å²) < 4.78 is 6.15. The lowest BCUT2D eigenvalue weighted by Gasteiger charge is -2.05. The van der Waals surface area contributed by atoms with Crippen molar-refractivity contribution in [2.24, 2.45) is 0 Å². The lowest BCUT2D eigenvalue weighted by Crippen LogP contribution is -1.98. The lowest BCUT2D eigenvalue weighted by atomic mass is 10.1. The van der Waals surface area contributed by atoms with E-state index in [1.54, 1.807) is 48.8 Å². The summed E-state index contributed by atoms with van der Waals surface area (Å²) in [6.07, 6.45) is 5.56. The van der Waals surface area contributed by atoms with E-state index < -0.39 is 0 Å². The second kappa shape index (κ2) is 6.66. The summed E-state index contributed by atoms with van der Waals surface area (Å²) in [4.78, 5) is 12.0. The minimum absolute atomic E-state index is 0.0175. The Balaban J connectivity index is 3.00. The first kappa shape index (κ1) is 13.2. The van der Waals surface area contributed by atoms with Gasteiger partial charge in [0.15, 0.2) is 5.78 Å². The van der Waals surface area contributed by atoms with Crippen LogP contribution in [0.25, 0.3) is 0 Å². The predicted octanol–water partition coefficient (Wildman–Crippen LogP) is 3.45. The van der Waals surface area contributed by atoms with Gasteiger partial charge in [-0.3, -0.25) is 4.79 Å². The molecule has 0 aromatic heterocycles. The molecule has 0 radical (unpaired) electrons. The van der Waals surface area contributed by atoms with Gasteiger partial charge < -0.3 is 4.74 Å². The van der Waals surface area contributed by atoms with Crippen LogP contribution in [0.15, 0.2) is 34.6 Å². The van der Waals surface area contributed by atoms with Crippen molar-refractivity contribution in [2.75, 3.05) is 19.6 Å². The van der Waals surface area contributed by atoms with Crippen molar-refractivity contribution >= 4 is 29.3 Å². The molecule has 0 saturated carbocycles. The molecular weight excluding hydrogens is 240 g/mol. The molecule has 1 aromatic rings. The maximum Gasteiger partial charge on any atom is 0.191 e. The van der Waals surface area contributed by atoms with Gasteiger partial charge in [-0.25, -0.2) is 0 Å². The number of carbonyl (C=O) groups excluding carboxylic acids is 1. The van der Waals surface area contributed by atoms with Gasteiger partial charge in [-0.05, 0) is 24.6 Å². The van der Waals surface area contributed by atoms with E-state index in [1.165, 1.54) is 0 Å². The standard InChI is InChI=1S/C12H14O2S2/c1-14-11-7-5-4-6-9(11)10(13)8-12(15-2)16-3/h4-8H,1-3H3. The van der Waals surface area contributed by atoms with E-state index in [9.17, 15) is 4.79 Å². The van der Waals surface area contributed by atoms with Gasteiger partial charge in [-0.15, -0.1) is 23.5 Å². The monoisotopic (exact) mass is 254 g/mol. The van der Waals surface area contributed by atoms with Crippen molar-refractivity contribution in [3.05, 3.63) is 40.1 Å². The Hall–Kier alpha value is -0.870. The minimum atomic E-state index is -0.0175. The summed E-state index contributed by atoms with van der Waals surface area (Å²) in [5, 5.41) is 0. The average molecular weight is 254 g/mol. The quantitative estimate of drug-likeness (QED) is 0.594. The van der Waals surface area contributed by atoms with Gasteiger partial charge >= 0.3 is 0 Å². The second-order valence-corrected chi connectivity index (χ2v) is 4.89. The Morgan fingerprint density at radius 2 is 1.88 bits per heavy atom. The van der Waals surface area contributed by atoms with Crippen LogP contribution in [-0.2, 0) is 0 Å². The summed E-state index contributed by atoms with van der Waals surface area (Å²) in [6, 6.07) is 7.25. The molecule has 86 valence electrons. The first-order valence-electron chi connectivity index (χ1n) is 4.70. The molecule has 0 fully saturated rings. The van der Waals surface area contributed by atoms with Gasteiger partial charge in [0.25, 0.3) is 0 Å². The first-order chi connectivity index (χ1) is 7.72. The number of benzene rings is 1. The SMILES string of the molecule is COc1ccccc1C(=O)C=C(SC)SC. The van der Waals surface area contributed by atoms with Gasteiger partial charge in [-0.2, -0.15) is 0 Å². The van der Waals surface area contributed by atoms with E-state index >= 15 is 0 Å². The van der Waals surface area contributed by atoms with Crippen LogP contribution in [0.3, 0.4) is 0 Å². The van der Waals surface area contributed by atoms with Crippen LogP contribution in [0.1, 0.15) is 10.4 Å². The van der Waals surface area contributed by atoms with Crippen molar-refractivity contribution < 1.29 is 9.53 Å². The molecule has 2 nitrogen and oxygen atoms in total. The number of carbonyl (C=O) groups is 1. The Bertz CT molecular complexity index is 394. The molecule has 4 heteroatoms. The van der Waals surface area contributed by atoms with E-state index in [0.717, 1.165) is 4.24 Å². The minimum Gasteiger partial charge on any atom is -0.496 e. The van der Waals surface area contributed by atoms with E-state index in [-0.39, 0.29) is 5.78 Å². The highest BCUT2D eigenvalue weighted by molar-refractivity contribution is 8.21.